The summed E-state index contributed by atoms with van der Waals surface area (Å²) in [5, 5.41) is 3.03. The fourth-order valence-corrected chi connectivity index (χ4v) is 2.16. The molecule has 0 radical (unpaired) electrons. The van der Waals surface area contributed by atoms with Gasteiger partial charge in [0.1, 0.15) is 5.01 Å². The Morgan fingerprint density at radius 3 is 2.81 bits per heavy atom. The maximum Gasteiger partial charge on any atom is 0.107 e. The first kappa shape index (κ1) is 11.1. The number of rotatable bonds is 3. The second-order valence-electron chi connectivity index (χ2n) is 3.78. The minimum absolute atomic E-state index is 0.512. The van der Waals surface area contributed by atoms with Gasteiger partial charge >= 0.3 is 0 Å². The summed E-state index contributed by atoms with van der Waals surface area (Å²) in [5.41, 5.74) is 8.89. The third kappa shape index (κ3) is 2.23. The molecule has 0 bridgehead atoms. The van der Waals surface area contributed by atoms with Gasteiger partial charge < -0.3 is 10.6 Å². The Morgan fingerprint density at radius 2 is 2.19 bits per heavy atom. The number of nitrogens with two attached hydrogens (primary N) is 1. The van der Waals surface area contributed by atoms with Gasteiger partial charge in [0, 0.05) is 37.3 Å². The average molecular weight is 233 g/mol. The predicted molar refractivity (Wildman–Crippen MR) is 69.8 cm³/mol. The lowest BCUT2D eigenvalue weighted by molar-refractivity contribution is 1.04. The molecule has 0 aliphatic heterocycles. The second kappa shape index (κ2) is 4.63. The topological polar surface area (TPSA) is 42.1 Å². The van der Waals surface area contributed by atoms with Crippen LogP contribution in [0.5, 0.6) is 0 Å². The molecule has 2 rings (SSSR count). The van der Waals surface area contributed by atoms with Crippen LogP contribution in [-0.2, 0) is 6.54 Å². The minimum Gasteiger partial charge on any atom is -0.378 e. The van der Waals surface area contributed by atoms with Crippen LogP contribution in [0.2, 0.25) is 0 Å². The van der Waals surface area contributed by atoms with Crippen molar-refractivity contribution >= 4 is 17.0 Å². The van der Waals surface area contributed by atoms with E-state index in [2.05, 4.69) is 33.5 Å². The van der Waals surface area contributed by atoms with Crippen molar-refractivity contribution in [3.63, 3.8) is 0 Å². The lowest BCUT2D eigenvalue weighted by Gasteiger charge is -2.12. The van der Waals surface area contributed by atoms with Gasteiger partial charge in [0.25, 0.3) is 0 Å². The van der Waals surface area contributed by atoms with Crippen molar-refractivity contribution in [2.45, 2.75) is 6.54 Å². The van der Waals surface area contributed by atoms with Gasteiger partial charge in [0.15, 0.2) is 0 Å². The van der Waals surface area contributed by atoms with Gasteiger partial charge in [-0.2, -0.15) is 0 Å². The van der Waals surface area contributed by atoms with E-state index in [1.54, 1.807) is 11.3 Å². The lowest BCUT2D eigenvalue weighted by Crippen LogP contribution is -2.08. The van der Waals surface area contributed by atoms with Gasteiger partial charge in [-0.1, -0.05) is 12.1 Å². The first-order valence-corrected chi connectivity index (χ1v) is 6.01. The Morgan fingerprint density at radius 1 is 1.38 bits per heavy atom. The molecule has 1 aromatic carbocycles. The summed E-state index contributed by atoms with van der Waals surface area (Å²) in [4.78, 5) is 6.56. The van der Waals surface area contributed by atoms with Crippen LogP contribution in [0, 0.1) is 0 Å². The van der Waals surface area contributed by atoms with Crippen LogP contribution >= 0.6 is 11.3 Å². The molecule has 0 spiro atoms. The van der Waals surface area contributed by atoms with E-state index in [9.17, 15) is 0 Å². The number of thiazole rings is 1. The maximum absolute atomic E-state index is 5.56. The molecule has 16 heavy (non-hydrogen) atoms. The Balaban J connectivity index is 2.36. The Labute approximate surface area is 99.5 Å². The molecular weight excluding hydrogens is 218 g/mol. The molecule has 1 heterocycles. The average Bonchev–Trinajstić information content (AvgIpc) is 2.77. The van der Waals surface area contributed by atoms with E-state index < -0.39 is 0 Å². The van der Waals surface area contributed by atoms with Gasteiger partial charge in [-0.25, -0.2) is 4.98 Å². The molecule has 0 saturated heterocycles. The Bertz CT molecular complexity index is 477. The molecular formula is C12H15N3S. The Kier molecular flexibility index (Phi) is 3.22. The number of anilines is 1. The minimum atomic E-state index is 0.512. The SMILES string of the molecule is CN(C)c1cccc(-c2csc(CN)n2)c1. The highest BCUT2D eigenvalue weighted by atomic mass is 32.1. The Hall–Kier alpha value is -1.39. The molecule has 0 atom stereocenters. The van der Waals surface area contributed by atoms with Gasteiger partial charge in [-0.05, 0) is 12.1 Å². The highest BCUT2D eigenvalue weighted by Gasteiger charge is 2.04. The molecule has 3 nitrogen and oxygen atoms in total. The van der Waals surface area contributed by atoms with Crippen LogP contribution in [0.4, 0.5) is 5.69 Å². The molecule has 0 saturated carbocycles. The monoisotopic (exact) mass is 233 g/mol. The molecule has 0 amide bonds. The summed E-state index contributed by atoms with van der Waals surface area (Å²) in [7, 11) is 4.07. The molecule has 0 unspecified atom stereocenters. The van der Waals surface area contributed by atoms with E-state index in [0.29, 0.717) is 6.54 Å². The standard InChI is InChI=1S/C12H15N3S/c1-15(2)10-5-3-4-9(6-10)11-8-16-12(7-13)14-11/h3-6,8H,7,13H2,1-2H3. The summed E-state index contributed by atoms with van der Waals surface area (Å²) in [6, 6.07) is 8.34. The summed E-state index contributed by atoms with van der Waals surface area (Å²) in [5.74, 6) is 0. The molecule has 0 aliphatic carbocycles. The van der Waals surface area contributed by atoms with Crippen molar-refractivity contribution in [2.24, 2.45) is 5.73 Å². The highest BCUT2D eigenvalue weighted by molar-refractivity contribution is 7.09. The number of nitrogens with zero attached hydrogens (tertiary/aromatic N) is 2. The quantitative estimate of drug-likeness (QED) is 0.884. The van der Waals surface area contributed by atoms with Crippen LogP contribution in [0.25, 0.3) is 11.3 Å². The van der Waals surface area contributed by atoms with Gasteiger partial charge in [-0.15, -0.1) is 11.3 Å². The van der Waals surface area contributed by atoms with Crippen LogP contribution < -0.4 is 10.6 Å². The summed E-state index contributed by atoms with van der Waals surface area (Å²) < 4.78 is 0. The third-order valence-electron chi connectivity index (χ3n) is 2.38. The van der Waals surface area contributed by atoms with E-state index in [4.69, 9.17) is 5.73 Å². The third-order valence-corrected chi connectivity index (χ3v) is 3.26. The number of benzene rings is 1. The summed E-state index contributed by atoms with van der Waals surface area (Å²) in [6.45, 7) is 0.512. The molecule has 0 fully saturated rings. The van der Waals surface area contributed by atoms with Gasteiger partial charge in [-0.3, -0.25) is 0 Å². The lowest BCUT2D eigenvalue weighted by atomic mass is 10.1. The van der Waals surface area contributed by atoms with Crippen LogP contribution in [0.15, 0.2) is 29.6 Å². The number of aromatic nitrogens is 1. The molecule has 2 aromatic rings. The van der Waals surface area contributed by atoms with Crippen molar-refractivity contribution in [1.82, 2.24) is 4.98 Å². The normalized spacial score (nSPS) is 10.4. The van der Waals surface area contributed by atoms with Crippen LogP contribution in [0.1, 0.15) is 5.01 Å². The van der Waals surface area contributed by atoms with Crippen molar-refractivity contribution in [3.05, 3.63) is 34.7 Å². The maximum atomic E-state index is 5.56. The van der Waals surface area contributed by atoms with Gasteiger partial charge in [0.05, 0.1) is 5.69 Å². The predicted octanol–water partition coefficient (Wildman–Crippen LogP) is 2.33. The molecule has 4 heteroatoms. The zero-order valence-corrected chi connectivity index (χ0v) is 10.3. The van der Waals surface area contributed by atoms with E-state index in [0.717, 1.165) is 16.3 Å². The van der Waals surface area contributed by atoms with Crippen molar-refractivity contribution in [1.29, 1.82) is 0 Å². The van der Waals surface area contributed by atoms with E-state index in [1.807, 2.05) is 20.2 Å². The first-order chi connectivity index (χ1) is 7.70. The smallest absolute Gasteiger partial charge is 0.107 e. The van der Waals surface area contributed by atoms with Gasteiger partial charge in [0.2, 0.25) is 0 Å². The number of hydrogen-bond acceptors (Lipinski definition) is 4. The van der Waals surface area contributed by atoms with Crippen molar-refractivity contribution in [3.8, 4) is 11.3 Å². The second-order valence-corrected chi connectivity index (χ2v) is 4.72. The highest BCUT2D eigenvalue weighted by Crippen LogP contribution is 2.25. The number of hydrogen-bond donors (Lipinski definition) is 1. The zero-order valence-electron chi connectivity index (χ0n) is 9.47. The van der Waals surface area contributed by atoms with Crippen molar-refractivity contribution in [2.75, 3.05) is 19.0 Å². The summed E-state index contributed by atoms with van der Waals surface area (Å²) >= 11 is 1.61. The van der Waals surface area contributed by atoms with E-state index >= 15 is 0 Å². The zero-order chi connectivity index (χ0) is 11.5. The molecule has 1 aromatic heterocycles. The van der Waals surface area contributed by atoms with E-state index in [-0.39, 0.29) is 0 Å². The largest absolute Gasteiger partial charge is 0.378 e. The summed E-state index contributed by atoms with van der Waals surface area (Å²) in [6.07, 6.45) is 0. The molecule has 0 aliphatic rings. The fraction of sp³-hybridized carbons (Fsp3) is 0.250. The fourth-order valence-electron chi connectivity index (χ4n) is 1.48. The molecule has 84 valence electrons. The van der Waals surface area contributed by atoms with Crippen molar-refractivity contribution < 1.29 is 0 Å². The first-order valence-electron chi connectivity index (χ1n) is 5.13. The van der Waals surface area contributed by atoms with E-state index in [1.165, 1.54) is 5.69 Å². The molecule has 2 N–H and O–H groups in total. The van der Waals surface area contributed by atoms with Crippen LogP contribution in [0.3, 0.4) is 0 Å². The van der Waals surface area contributed by atoms with Crippen LogP contribution in [-0.4, -0.2) is 19.1 Å².